The fourth-order valence-electron chi connectivity index (χ4n) is 4.44. The van der Waals surface area contributed by atoms with Gasteiger partial charge in [0.2, 0.25) is 0 Å². The van der Waals surface area contributed by atoms with Gasteiger partial charge in [0.15, 0.2) is 0 Å². The van der Waals surface area contributed by atoms with E-state index in [0.717, 1.165) is 36.8 Å². The Morgan fingerprint density at radius 2 is 2.08 bits per heavy atom. The molecule has 0 saturated carbocycles. The molecule has 0 saturated heterocycles. The van der Waals surface area contributed by atoms with Gasteiger partial charge >= 0.3 is 0 Å². The second-order valence-corrected chi connectivity index (χ2v) is 7.79. The first-order valence-corrected chi connectivity index (χ1v) is 9.27. The highest BCUT2D eigenvalue weighted by Gasteiger charge is 2.39. The van der Waals surface area contributed by atoms with Gasteiger partial charge in [0, 0.05) is 13.7 Å². The molecular formula is C21H34O3. The molecule has 0 aromatic heterocycles. The van der Waals surface area contributed by atoms with Crippen molar-refractivity contribution in [3.05, 3.63) is 34.4 Å². The van der Waals surface area contributed by atoms with E-state index < -0.39 is 6.10 Å². The summed E-state index contributed by atoms with van der Waals surface area (Å²) in [7, 11) is 1.66. The second kappa shape index (κ2) is 8.46. The van der Waals surface area contributed by atoms with E-state index in [0.29, 0.717) is 11.8 Å². The molecule has 24 heavy (non-hydrogen) atoms. The molecule has 4 unspecified atom stereocenters. The SMILES string of the molecule is COC1C(C)=CC2=C(C1O)[C@H](C)CCC2C(CO)CCC=C(C)C. The maximum absolute atomic E-state index is 10.8. The van der Waals surface area contributed by atoms with E-state index in [-0.39, 0.29) is 18.6 Å². The minimum Gasteiger partial charge on any atom is -0.396 e. The summed E-state index contributed by atoms with van der Waals surface area (Å²) in [6.45, 7) is 8.68. The summed E-state index contributed by atoms with van der Waals surface area (Å²) in [6, 6.07) is 0. The van der Waals surface area contributed by atoms with Gasteiger partial charge in [0.1, 0.15) is 12.2 Å². The lowest BCUT2D eigenvalue weighted by atomic mass is 9.66. The minimum atomic E-state index is -0.551. The molecule has 136 valence electrons. The van der Waals surface area contributed by atoms with Crippen molar-refractivity contribution in [1.29, 1.82) is 0 Å². The van der Waals surface area contributed by atoms with E-state index in [9.17, 15) is 10.2 Å². The van der Waals surface area contributed by atoms with Gasteiger partial charge in [-0.3, -0.25) is 0 Å². The molecule has 2 rings (SSSR count). The van der Waals surface area contributed by atoms with Crippen LogP contribution in [-0.2, 0) is 4.74 Å². The average Bonchev–Trinajstić information content (AvgIpc) is 2.52. The van der Waals surface area contributed by atoms with Crippen molar-refractivity contribution in [2.24, 2.45) is 17.8 Å². The number of methoxy groups -OCH3 is 1. The van der Waals surface area contributed by atoms with Crippen molar-refractivity contribution in [3.8, 4) is 0 Å². The number of aliphatic hydroxyl groups is 2. The van der Waals surface area contributed by atoms with Gasteiger partial charge < -0.3 is 14.9 Å². The third kappa shape index (κ3) is 4.01. The number of ether oxygens (including phenoxy) is 1. The maximum atomic E-state index is 10.8. The molecule has 0 aromatic rings. The van der Waals surface area contributed by atoms with E-state index in [2.05, 4.69) is 32.9 Å². The Morgan fingerprint density at radius 3 is 2.67 bits per heavy atom. The Bertz CT molecular complexity index is 525. The largest absolute Gasteiger partial charge is 0.396 e. The van der Waals surface area contributed by atoms with Crippen LogP contribution in [-0.4, -0.2) is 36.1 Å². The zero-order valence-electron chi connectivity index (χ0n) is 15.9. The molecule has 2 N–H and O–H groups in total. The van der Waals surface area contributed by atoms with Gasteiger partial charge in [0.05, 0.1) is 0 Å². The van der Waals surface area contributed by atoms with E-state index in [1.807, 2.05) is 6.92 Å². The summed E-state index contributed by atoms with van der Waals surface area (Å²) >= 11 is 0. The highest BCUT2D eigenvalue weighted by molar-refractivity contribution is 5.43. The number of hydrogen-bond acceptors (Lipinski definition) is 3. The Kier molecular flexibility index (Phi) is 6.85. The summed E-state index contributed by atoms with van der Waals surface area (Å²) < 4.78 is 5.52. The Labute approximate surface area is 147 Å². The predicted octanol–water partition coefficient (Wildman–Crippen LogP) is 4.02. The van der Waals surface area contributed by atoms with Gasteiger partial charge in [-0.05, 0) is 80.9 Å². The van der Waals surface area contributed by atoms with Crippen LogP contribution < -0.4 is 0 Å². The molecule has 0 aliphatic heterocycles. The molecule has 0 amide bonds. The normalized spacial score (nSPS) is 31.4. The molecule has 3 heteroatoms. The van der Waals surface area contributed by atoms with Crippen molar-refractivity contribution in [2.75, 3.05) is 13.7 Å². The van der Waals surface area contributed by atoms with Gasteiger partial charge in [0.25, 0.3) is 0 Å². The van der Waals surface area contributed by atoms with Crippen molar-refractivity contribution < 1.29 is 14.9 Å². The van der Waals surface area contributed by atoms with Crippen molar-refractivity contribution in [1.82, 2.24) is 0 Å². The number of hydrogen-bond donors (Lipinski definition) is 2. The summed E-state index contributed by atoms with van der Waals surface area (Å²) in [6.07, 6.45) is 7.86. The third-order valence-corrected chi connectivity index (χ3v) is 5.76. The summed E-state index contributed by atoms with van der Waals surface area (Å²) in [5, 5.41) is 20.8. The Balaban J connectivity index is 2.29. The van der Waals surface area contributed by atoms with Crippen LogP contribution in [0.1, 0.15) is 53.4 Å². The van der Waals surface area contributed by atoms with Crippen LogP contribution in [0, 0.1) is 17.8 Å². The maximum Gasteiger partial charge on any atom is 0.108 e. The first-order valence-electron chi connectivity index (χ1n) is 9.27. The van der Waals surface area contributed by atoms with Gasteiger partial charge in [-0.25, -0.2) is 0 Å². The van der Waals surface area contributed by atoms with Gasteiger partial charge in [-0.1, -0.05) is 24.6 Å². The first-order chi connectivity index (χ1) is 11.4. The number of aliphatic hydroxyl groups excluding tert-OH is 2. The van der Waals surface area contributed by atoms with Crippen LogP contribution in [0.2, 0.25) is 0 Å². The van der Waals surface area contributed by atoms with Crippen LogP contribution in [0.15, 0.2) is 34.4 Å². The predicted molar refractivity (Wildman–Crippen MR) is 98.7 cm³/mol. The zero-order valence-corrected chi connectivity index (χ0v) is 15.9. The highest BCUT2D eigenvalue weighted by Crippen LogP contribution is 2.45. The fraction of sp³-hybridized carbons (Fsp3) is 0.714. The van der Waals surface area contributed by atoms with E-state index in [4.69, 9.17) is 4.74 Å². The van der Waals surface area contributed by atoms with E-state index in [1.165, 1.54) is 11.1 Å². The zero-order chi connectivity index (χ0) is 17.9. The van der Waals surface area contributed by atoms with E-state index in [1.54, 1.807) is 7.11 Å². The molecule has 5 atom stereocenters. The van der Waals surface area contributed by atoms with Crippen LogP contribution in [0.25, 0.3) is 0 Å². The third-order valence-electron chi connectivity index (χ3n) is 5.76. The lowest BCUT2D eigenvalue weighted by Gasteiger charge is -2.42. The Hall–Kier alpha value is -0.900. The molecule has 3 nitrogen and oxygen atoms in total. The molecule has 0 radical (unpaired) electrons. The average molecular weight is 335 g/mol. The van der Waals surface area contributed by atoms with Crippen LogP contribution in [0.3, 0.4) is 0 Å². The monoisotopic (exact) mass is 334 g/mol. The minimum absolute atomic E-state index is 0.211. The molecule has 0 heterocycles. The summed E-state index contributed by atoms with van der Waals surface area (Å²) in [5.74, 6) is 0.980. The number of allylic oxidation sites excluding steroid dienone is 4. The first kappa shape index (κ1) is 19.4. The van der Waals surface area contributed by atoms with Gasteiger partial charge in [-0.2, -0.15) is 0 Å². The molecule has 0 aromatic carbocycles. The quantitative estimate of drug-likeness (QED) is 0.721. The summed E-state index contributed by atoms with van der Waals surface area (Å²) in [5.41, 5.74) is 4.83. The Morgan fingerprint density at radius 1 is 1.38 bits per heavy atom. The summed E-state index contributed by atoms with van der Waals surface area (Å²) in [4.78, 5) is 0. The topological polar surface area (TPSA) is 49.7 Å². The lowest BCUT2D eigenvalue weighted by Crippen LogP contribution is -2.40. The molecule has 2 aliphatic carbocycles. The van der Waals surface area contributed by atoms with Crippen LogP contribution in [0.5, 0.6) is 0 Å². The molecule has 0 fully saturated rings. The van der Waals surface area contributed by atoms with Crippen molar-refractivity contribution in [3.63, 3.8) is 0 Å². The second-order valence-electron chi connectivity index (χ2n) is 7.79. The van der Waals surface area contributed by atoms with Crippen molar-refractivity contribution >= 4 is 0 Å². The highest BCUT2D eigenvalue weighted by atomic mass is 16.5. The standard InChI is InChI=1S/C21H34O3/c1-13(2)7-6-8-16(12-22)17-10-9-14(3)19-18(17)11-15(4)21(24-5)20(19)23/h7,11,14,16-17,20-23H,6,8-10,12H2,1-5H3/t14-,16?,17?,20?,21?/m1/s1. The molecular weight excluding hydrogens is 300 g/mol. The van der Waals surface area contributed by atoms with Crippen LogP contribution in [0.4, 0.5) is 0 Å². The molecule has 2 aliphatic rings. The molecule has 0 spiro atoms. The fourth-order valence-corrected chi connectivity index (χ4v) is 4.44. The number of rotatable bonds is 6. The smallest absolute Gasteiger partial charge is 0.108 e. The van der Waals surface area contributed by atoms with Crippen molar-refractivity contribution in [2.45, 2.75) is 65.6 Å². The van der Waals surface area contributed by atoms with E-state index >= 15 is 0 Å². The van der Waals surface area contributed by atoms with Crippen LogP contribution >= 0.6 is 0 Å². The van der Waals surface area contributed by atoms with Gasteiger partial charge in [-0.15, -0.1) is 0 Å². The lowest BCUT2D eigenvalue weighted by molar-refractivity contribution is 0.0188. The molecule has 0 bridgehead atoms.